The van der Waals surface area contributed by atoms with Crippen molar-refractivity contribution >= 4 is 10.0 Å². The summed E-state index contributed by atoms with van der Waals surface area (Å²) in [7, 11) is -1.77. The van der Waals surface area contributed by atoms with Crippen LogP contribution < -0.4 is 15.0 Å². The number of nitrogens with zero attached hydrogens (tertiary/aromatic N) is 2. The van der Waals surface area contributed by atoms with E-state index in [4.69, 9.17) is 4.74 Å². The van der Waals surface area contributed by atoms with Crippen molar-refractivity contribution in [2.75, 3.05) is 13.7 Å². The number of methoxy groups -OCH3 is 1. The van der Waals surface area contributed by atoms with Gasteiger partial charge in [0.15, 0.2) is 0 Å². The van der Waals surface area contributed by atoms with E-state index >= 15 is 0 Å². The molecule has 2 rings (SSSR count). The minimum atomic E-state index is -3.36. The van der Waals surface area contributed by atoms with Gasteiger partial charge in [0, 0.05) is 18.2 Å². The molecule has 1 N–H and O–H groups in total. The molecular formula is C16H21N3O4S. The molecule has 130 valence electrons. The molecule has 0 unspecified atom stereocenters. The fourth-order valence-electron chi connectivity index (χ4n) is 1.99. The van der Waals surface area contributed by atoms with Gasteiger partial charge in [-0.3, -0.25) is 4.79 Å². The van der Waals surface area contributed by atoms with Crippen LogP contribution in [0.4, 0.5) is 0 Å². The van der Waals surface area contributed by atoms with E-state index in [2.05, 4.69) is 9.82 Å². The average molecular weight is 351 g/mol. The number of hydrogen-bond donors (Lipinski definition) is 1. The van der Waals surface area contributed by atoms with Crippen molar-refractivity contribution in [1.82, 2.24) is 14.5 Å². The zero-order chi connectivity index (χ0) is 17.7. The van der Waals surface area contributed by atoms with E-state index in [0.29, 0.717) is 5.69 Å². The summed E-state index contributed by atoms with van der Waals surface area (Å²) in [5.74, 6) is 0.732. The van der Waals surface area contributed by atoms with Crippen LogP contribution in [0, 0.1) is 0 Å². The molecule has 7 nitrogen and oxygen atoms in total. The van der Waals surface area contributed by atoms with Crippen LogP contribution in [0.2, 0.25) is 0 Å². The number of hydrogen-bond acceptors (Lipinski definition) is 5. The summed E-state index contributed by atoms with van der Waals surface area (Å²) >= 11 is 0. The maximum atomic E-state index is 11.9. The molecule has 1 aromatic heterocycles. The summed E-state index contributed by atoms with van der Waals surface area (Å²) in [5.41, 5.74) is 1.19. The first-order valence-corrected chi connectivity index (χ1v) is 9.09. The highest BCUT2D eigenvalue weighted by molar-refractivity contribution is 7.90. The van der Waals surface area contributed by atoms with Crippen LogP contribution in [-0.4, -0.2) is 37.1 Å². The van der Waals surface area contributed by atoms with Crippen LogP contribution in [0.5, 0.6) is 5.75 Å². The second kappa shape index (κ2) is 7.59. The molecule has 0 bridgehead atoms. The van der Waals surface area contributed by atoms with Crippen molar-refractivity contribution in [2.24, 2.45) is 0 Å². The van der Waals surface area contributed by atoms with Crippen molar-refractivity contribution in [3.05, 3.63) is 46.8 Å². The molecule has 0 aliphatic carbocycles. The SMILES string of the molecule is COc1ccc(-c2ccc(=O)n(CCNS(=O)(=O)C(C)C)n2)cc1. The van der Waals surface area contributed by atoms with Gasteiger partial charge in [-0.15, -0.1) is 0 Å². The minimum Gasteiger partial charge on any atom is -0.497 e. The molecule has 0 atom stereocenters. The van der Waals surface area contributed by atoms with Gasteiger partial charge < -0.3 is 4.74 Å². The van der Waals surface area contributed by atoms with Crippen LogP contribution in [0.25, 0.3) is 11.3 Å². The van der Waals surface area contributed by atoms with Gasteiger partial charge in [-0.25, -0.2) is 17.8 Å². The third-order valence-electron chi connectivity index (χ3n) is 3.50. The third-order valence-corrected chi connectivity index (χ3v) is 5.35. The molecule has 2 aromatic rings. The van der Waals surface area contributed by atoms with Crippen molar-refractivity contribution in [2.45, 2.75) is 25.6 Å². The molecule has 1 heterocycles. The number of benzene rings is 1. The topological polar surface area (TPSA) is 90.3 Å². The Balaban J connectivity index is 2.15. The van der Waals surface area contributed by atoms with Crippen LogP contribution >= 0.6 is 0 Å². The highest BCUT2D eigenvalue weighted by Crippen LogP contribution is 2.19. The predicted octanol–water partition coefficient (Wildman–Crippen LogP) is 1.25. The van der Waals surface area contributed by atoms with Gasteiger partial charge in [0.25, 0.3) is 5.56 Å². The fraction of sp³-hybridized carbons (Fsp3) is 0.375. The number of ether oxygens (including phenoxy) is 1. The van der Waals surface area contributed by atoms with Crippen molar-refractivity contribution < 1.29 is 13.2 Å². The molecule has 0 fully saturated rings. The second-order valence-corrected chi connectivity index (χ2v) is 7.82. The largest absolute Gasteiger partial charge is 0.497 e. The molecule has 0 saturated heterocycles. The van der Waals surface area contributed by atoms with Crippen LogP contribution in [0.3, 0.4) is 0 Å². The van der Waals surface area contributed by atoms with Gasteiger partial charge in [-0.2, -0.15) is 5.10 Å². The summed E-state index contributed by atoms with van der Waals surface area (Å²) in [6.45, 7) is 3.46. The number of rotatable bonds is 7. The first-order valence-electron chi connectivity index (χ1n) is 7.54. The Labute approximate surface area is 141 Å². The summed E-state index contributed by atoms with van der Waals surface area (Å²) in [5, 5.41) is 3.77. The van der Waals surface area contributed by atoms with Gasteiger partial charge in [0.05, 0.1) is 24.6 Å². The number of aromatic nitrogens is 2. The minimum absolute atomic E-state index is 0.111. The lowest BCUT2D eigenvalue weighted by molar-refractivity contribution is 0.415. The van der Waals surface area contributed by atoms with Gasteiger partial charge >= 0.3 is 0 Å². The van der Waals surface area contributed by atoms with E-state index in [1.807, 2.05) is 24.3 Å². The summed E-state index contributed by atoms with van der Waals surface area (Å²) < 4.78 is 32.3. The van der Waals surface area contributed by atoms with E-state index in [1.54, 1.807) is 27.0 Å². The molecule has 1 aromatic carbocycles. The highest BCUT2D eigenvalue weighted by atomic mass is 32.2. The normalized spacial score (nSPS) is 11.7. The Morgan fingerprint density at radius 1 is 1.17 bits per heavy atom. The molecule has 24 heavy (non-hydrogen) atoms. The zero-order valence-corrected chi connectivity index (χ0v) is 14.7. The molecule has 0 aliphatic heterocycles. The standard InChI is InChI=1S/C16H21N3O4S/c1-12(2)24(21,22)17-10-11-19-16(20)9-8-15(18-19)13-4-6-14(23-3)7-5-13/h4-9,12,17H,10-11H2,1-3H3. The quantitative estimate of drug-likeness (QED) is 0.811. The van der Waals surface area contributed by atoms with Crippen LogP contribution in [0.15, 0.2) is 41.2 Å². The van der Waals surface area contributed by atoms with E-state index in [1.165, 1.54) is 10.7 Å². The molecular weight excluding hydrogens is 330 g/mol. The smallest absolute Gasteiger partial charge is 0.266 e. The zero-order valence-electron chi connectivity index (χ0n) is 13.9. The molecule has 0 amide bonds. The Kier molecular flexibility index (Phi) is 5.74. The Morgan fingerprint density at radius 2 is 1.83 bits per heavy atom. The van der Waals surface area contributed by atoms with E-state index < -0.39 is 15.3 Å². The average Bonchev–Trinajstić information content (AvgIpc) is 2.56. The maximum absolute atomic E-state index is 11.9. The second-order valence-electron chi connectivity index (χ2n) is 5.50. The molecule has 0 saturated carbocycles. The van der Waals surface area contributed by atoms with Crippen molar-refractivity contribution in [1.29, 1.82) is 0 Å². The summed E-state index contributed by atoms with van der Waals surface area (Å²) in [6, 6.07) is 10.4. The lowest BCUT2D eigenvalue weighted by Crippen LogP contribution is -2.35. The Bertz CT molecular complexity index is 842. The van der Waals surface area contributed by atoms with Crippen molar-refractivity contribution in [3.63, 3.8) is 0 Å². The number of nitrogens with one attached hydrogen (secondary N) is 1. The fourth-order valence-corrected chi connectivity index (χ4v) is 2.69. The van der Waals surface area contributed by atoms with E-state index in [0.717, 1.165) is 11.3 Å². The van der Waals surface area contributed by atoms with Gasteiger partial charge in [0.2, 0.25) is 10.0 Å². The summed E-state index contributed by atoms with van der Waals surface area (Å²) in [6.07, 6.45) is 0. The third kappa shape index (κ3) is 4.42. The first kappa shape index (κ1) is 18.2. The van der Waals surface area contributed by atoms with Gasteiger partial charge in [-0.05, 0) is 44.2 Å². The van der Waals surface area contributed by atoms with Crippen LogP contribution in [-0.2, 0) is 16.6 Å². The summed E-state index contributed by atoms with van der Waals surface area (Å²) in [4.78, 5) is 11.9. The lowest BCUT2D eigenvalue weighted by Gasteiger charge is -2.11. The monoisotopic (exact) mass is 351 g/mol. The highest BCUT2D eigenvalue weighted by Gasteiger charge is 2.14. The van der Waals surface area contributed by atoms with E-state index in [-0.39, 0.29) is 18.6 Å². The Morgan fingerprint density at radius 3 is 2.42 bits per heavy atom. The molecule has 8 heteroatoms. The van der Waals surface area contributed by atoms with E-state index in [9.17, 15) is 13.2 Å². The van der Waals surface area contributed by atoms with Gasteiger partial charge in [-0.1, -0.05) is 0 Å². The predicted molar refractivity (Wildman–Crippen MR) is 92.5 cm³/mol. The van der Waals surface area contributed by atoms with Gasteiger partial charge in [0.1, 0.15) is 5.75 Å². The maximum Gasteiger partial charge on any atom is 0.266 e. The molecule has 0 aliphatic rings. The molecule has 0 spiro atoms. The lowest BCUT2D eigenvalue weighted by atomic mass is 10.1. The first-order chi connectivity index (χ1) is 11.3. The Hall–Kier alpha value is -2.19. The number of sulfonamides is 1. The van der Waals surface area contributed by atoms with Crippen LogP contribution in [0.1, 0.15) is 13.8 Å². The van der Waals surface area contributed by atoms with Crippen molar-refractivity contribution in [3.8, 4) is 17.0 Å². The molecule has 0 radical (unpaired) electrons.